The maximum Gasteiger partial charge on any atom is 0.110 e. The molecule has 0 heterocycles. The summed E-state index contributed by atoms with van der Waals surface area (Å²) in [5, 5.41) is 0. The van der Waals surface area contributed by atoms with Crippen LogP contribution in [-0.2, 0) is 6.54 Å². The Bertz CT molecular complexity index is 328. The number of rotatable bonds is 6. The lowest BCUT2D eigenvalue weighted by atomic mass is 10.2. The molecule has 0 aliphatic carbocycles. The predicted molar refractivity (Wildman–Crippen MR) is 79.7 cm³/mol. The molecule has 0 spiro atoms. The minimum Gasteiger partial charge on any atom is -1.00 e. The van der Waals surface area contributed by atoms with Gasteiger partial charge in [0.25, 0.3) is 0 Å². The molecule has 1 rings (SSSR count). The molecule has 18 heavy (non-hydrogen) atoms. The third kappa shape index (κ3) is 5.84. The summed E-state index contributed by atoms with van der Waals surface area (Å²) in [7, 11) is -1.02. The lowest BCUT2D eigenvalue weighted by Gasteiger charge is -2.41. The van der Waals surface area contributed by atoms with Crippen LogP contribution in [0, 0.1) is 0 Å². The van der Waals surface area contributed by atoms with Gasteiger partial charge in [-0.3, -0.25) is 0 Å². The van der Waals surface area contributed by atoms with Gasteiger partial charge in [-0.15, -0.1) is 0 Å². The van der Waals surface area contributed by atoms with Crippen LogP contribution in [0.15, 0.2) is 30.3 Å². The van der Waals surface area contributed by atoms with Crippen LogP contribution in [0.5, 0.6) is 0 Å². The van der Waals surface area contributed by atoms with E-state index in [0.717, 1.165) is 0 Å². The van der Waals surface area contributed by atoms with Crippen LogP contribution < -0.4 is 24.0 Å². The molecule has 0 aliphatic heterocycles. The highest BCUT2D eigenvalue weighted by Gasteiger charge is 2.31. The van der Waals surface area contributed by atoms with Crippen LogP contribution in [-0.4, -0.2) is 31.8 Å². The van der Waals surface area contributed by atoms with Gasteiger partial charge in [-0.1, -0.05) is 50.0 Å². The predicted octanol–water partition coefficient (Wildman–Crippen LogP) is 0.925. The average molecular weight is 377 g/mol. The number of benzene rings is 1. The fraction of sp³-hybridized carbons (Fsp3) is 0.600. The van der Waals surface area contributed by atoms with E-state index >= 15 is 0 Å². The first-order chi connectivity index (χ1) is 7.91. The Kier molecular flexibility index (Phi) is 7.71. The number of nitrogens with zero attached hydrogens (tertiary/aromatic N) is 1. The number of halogens is 1. The molecular formula is C15H28INSi. The summed E-state index contributed by atoms with van der Waals surface area (Å²) in [5.74, 6) is 0. The normalized spacial score (nSPS) is 12.1. The molecule has 0 aromatic heterocycles. The fourth-order valence-corrected chi connectivity index (χ4v) is 5.28. The quantitative estimate of drug-likeness (QED) is 0.393. The van der Waals surface area contributed by atoms with Gasteiger partial charge >= 0.3 is 0 Å². The Morgan fingerprint density at radius 1 is 0.944 bits per heavy atom. The fourth-order valence-electron chi connectivity index (χ4n) is 2.70. The van der Waals surface area contributed by atoms with Crippen LogP contribution in [0.2, 0.25) is 19.6 Å². The van der Waals surface area contributed by atoms with Crippen molar-refractivity contribution in [2.45, 2.75) is 40.0 Å². The van der Waals surface area contributed by atoms with E-state index in [-0.39, 0.29) is 24.0 Å². The maximum atomic E-state index is 2.48. The summed E-state index contributed by atoms with van der Waals surface area (Å²) in [4.78, 5) is 0. The monoisotopic (exact) mass is 377 g/mol. The average Bonchev–Trinajstić information content (AvgIpc) is 2.27. The van der Waals surface area contributed by atoms with Gasteiger partial charge < -0.3 is 28.5 Å². The van der Waals surface area contributed by atoms with Crippen molar-refractivity contribution < 1.29 is 28.5 Å². The van der Waals surface area contributed by atoms with E-state index in [9.17, 15) is 0 Å². The zero-order valence-electron chi connectivity index (χ0n) is 12.5. The van der Waals surface area contributed by atoms with Gasteiger partial charge in [0.2, 0.25) is 0 Å². The molecule has 0 N–H and O–H groups in total. The lowest BCUT2D eigenvalue weighted by molar-refractivity contribution is -0.928. The zero-order chi connectivity index (χ0) is 12.9. The van der Waals surface area contributed by atoms with E-state index in [2.05, 4.69) is 63.8 Å². The SMILES string of the molecule is CC[N+](CC)(Cc1ccccc1)C[Si](C)(C)C.[I-]. The molecule has 0 saturated carbocycles. The molecule has 104 valence electrons. The molecule has 0 aliphatic rings. The van der Waals surface area contributed by atoms with Crippen molar-refractivity contribution >= 4 is 8.07 Å². The molecular weight excluding hydrogens is 349 g/mol. The Balaban J connectivity index is 0.00000289. The van der Waals surface area contributed by atoms with Gasteiger partial charge in [0, 0.05) is 5.56 Å². The molecule has 1 aromatic rings. The molecule has 0 unspecified atom stereocenters. The topological polar surface area (TPSA) is 0 Å². The highest BCUT2D eigenvalue weighted by molar-refractivity contribution is 6.76. The summed E-state index contributed by atoms with van der Waals surface area (Å²) < 4.78 is 1.25. The van der Waals surface area contributed by atoms with Crippen molar-refractivity contribution in [1.82, 2.24) is 0 Å². The molecule has 0 atom stereocenters. The molecule has 0 amide bonds. The second-order valence-corrected chi connectivity index (χ2v) is 11.8. The van der Waals surface area contributed by atoms with Crippen molar-refractivity contribution in [2.24, 2.45) is 0 Å². The molecule has 1 nitrogen and oxygen atoms in total. The van der Waals surface area contributed by atoms with Crippen molar-refractivity contribution in [3.63, 3.8) is 0 Å². The lowest BCUT2D eigenvalue weighted by Crippen LogP contribution is -3.00. The van der Waals surface area contributed by atoms with Crippen molar-refractivity contribution in [3.8, 4) is 0 Å². The van der Waals surface area contributed by atoms with Crippen molar-refractivity contribution in [2.75, 3.05) is 19.3 Å². The molecule has 0 saturated heterocycles. The molecule has 0 bridgehead atoms. The maximum absolute atomic E-state index is 2.48. The van der Waals surface area contributed by atoms with Crippen LogP contribution in [0.4, 0.5) is 0 Å². The first-order valence-corrected chi connectivity index (χ1v) is 10.5. The third-order valence-electron chi connectivity index (χ3n) is 3.51. The van der Waals surface area contributed by atoms with E-state index in [0.29, 0.717) is 0 Å². The van der Waals surface area contributed by atoms with Gasteiger partial charge in [-0.25, -0.2) is 0 Å². The first-order valence-electron chi connectivity index (χ1n) is 6.80. The summed E-state index contributed by atoms with van der Waals surface area (Å²) in [5.41, 5.74) is 1.48. The summed E-state index contributed by atoms with van der Waals surface area (Å²) in [6.07, 6.45) is 1.38. The molecule has 0 radical (unpaired) electrons. The Morgan fingerprint density at radius 2 is 1.44 bits per heavy atom. The van der Waals surface area contributed by atoms with Crippen LogP contribution in [0.1, 0.15) is 19.4 Å². The highest BCUT2D eigenvalue weighted by atomic mass is 127. The third-order valence-corrected chi connectivity index (χ3v) is 5.13. The van der Waals surface area contributed by atoms with Crippen molar-refractivity contribution in [1.29, 1.82) is 0 Å². The minimum absolute atomic E-state index is 0. The van der Waals surface area contributed by atoms with E-state index in [1.165, 1.54) is 35.8 Å². The van der Waals surface area contributed by atoms with E-state index in [1.807, 2.05) is 0 Å². The Labute approximate surface area is 131 Å². The van der Waals surface area contributed by atoms with Crippen LogP contribution in [0.3, 0.4) is 0 Å². The zero-order valence-corrected chi connectivity index (χ0v) is 15.7. The second-order valence-electron chi connectivity index (χ2n) is 6.34. The first kappa shape index (κ1) is 18.1. The molecule has 0 fully saturated rings. The van der Waals surface area contributed by atoms with Crippen LogP contribution >= 0.6 is 0 Å². The van der Waals surface area contributed by atoms with Crippen molar-refractivity contribution in [3.05, 3.63) is 35.9 Å². The Morgan fingerprint density at radius 3 is 1.83 bits per heavy atom. The smallest absolute Gasteiger partial charge is 0.110 e. The van der Waals surface area contributed by atoms with Gasteiger partial charge in [0.15, 0.2) is 0 Å². The number of hydrogen-bond donors (Lipinski definition) is 0. The number of hydrogen-bond acceptors (Lipinski definition) is 0. The molecule has 3 heteroatoms. The summed E-state index contributed by atoms with van der Waals surface area (Å²) >= 11 is 0. The minimum atomic E-state index is -1.02. The second kappa shape index (κ2) is 7.65. The number of quaternary nitrogens is 1. The highest BCUT2D eigenvalue weighted by Crippen LogP contribution is 2.18. The Hall–Kier alpha value is 0.127. The van der Waals surface area contributed by atoms with Gasteiger partial charge in [0.05, 0.1) is 19.3 Å². The van der Waals surface area contributed by atoms with E-state index in [1.54, 1.807) is 0 Å². The summed E-state index contributed by atoms with van der Waals surface area (Å²) in [6.45, 7) is 15.8. The summed E-state index contributed by atoms with van der Waals surface area (Å²) in [6, 6.07) is 11.0. The van der Waals surface area contributed by atoms with E-state index in [4.69, 9.17) is 0 Å². The standard InChI is InChI=1S/C15H28NSi.HI/c1-6-16(7-2,14-17(3,4)5)13-15-11-9-8-10-12-15;/h8-12H,6-7,13-14H2,1-5H3;1H/q+1;/p-1. The largest absolute Gasteiger partial charge is 1.00 e. The van der Waals surface area contributed by atoms with Crippen LogP contribution in [0.25, 0.3) is 0 Å². The van der Waals surface area contributed by atoms with E-state index < -0.39 is 8.07 Å². The van der Waals surface area contributed by atoms with Gasteiger partial charge in [-0.2, -0.15) is 0 Å². The molecule has 1 aromatic carbocycles. The van der Waals surface area contributed by atoms with Gasteiger partial charge in [-0.05, 0) is 13.8 Å². The van der Waals surface area contributed by atoms with Gasteiger partial charge in [0.1, 0.15) is 14.6 Å².